The van der Waals surface area contributed by atoms with Crippen LogP contribution >= 0.6 is 11.6 Å². The van der Waals surface area contributed by atoms with Crippen LogP contribution in [-0.4, -0.2) is 55.7 Å². The Morgan fingerprint density at radius 2 is 1.95 bits per heavy atom. The Kier molecular flexibility index (Phi) is 8.38. The standard InChI is InChI=1S/C28H29ClF3N3O3/c1-34(2)22-10-12-35(17-22)21-7-8-24(33-27(37)23-15-20(29)6-9-25(23)36)26(16-21)38-13-11-18-4-3-5-19(14-18)28(30,31)32/h3-9,14-16,22,36H,10-13,17H2,1-2H3,(H,33,37). The van der Waals surface area contributed by atoms with Crippen LogP contribution in [0.25, 0.3) is 0 Å². The third kappa shape index (κ3) is 6.71. The van der Waals surface area contributed by atoms with E-state index >= 15 is 0 Å². The molecule has 0 aromatic heterocycles. The molecule has 1 atom stereocenters. The fourth-order valence-corrected chi connectivity index (χ4v) is 4.56. The summed E-state index contributed by atoms with van der Waals surface area (Å²) in [7, 11) is 4.08. The van der Waals surface area contributed by atoms with Crippen molar-refractivity contribution in [1.82, 2.24) is 4.90 Å². The molecule has 3 aromatic carbocycles. The summed E-state index contributed by atoms with van der Waals surface area (Å²) >= 11 is 5.99. The van der Waals surface area contributed by atoms with Crippen molar-refractivity contribution >= 4 is 28.9 Å². The summed E-state index contributed by atoms with van der Waals surface area (Å²) in [6.07, 6.45) is -3.18. The van der Waals surface area contributed by atoms with E-state index < -0.39 is 17.6 Å². The van der Waals surface area contributed by atoms with Gasteiger partial charge in [0, 0.05) is 42.3 Å². The Labute approximate surface area is 224 Å². The zero-order chi connectivity index (χ0) is 27.4. The predicted molar refractivity (Wildman–Crippen MR) is 142 cm³/mol. The number of rotatable bonds is 8. The van der Waals surface area contributed by atoms with Gasteiger partial charge in [-0.25, -0.2) is 0 Å². The molecule has 1 fully saturated rings. The molecular formula is C28H29ClF3N3O3. The average Bonchev–Trinajstić information content (AvgIpc) is 3.37. The molecule has 0 bridgehead atoms. The highest BCUT2D eigenvalue weighted by atomic mass is 35.5. The summed E-state index contributed by atoms with van der Waals surface area (Å²) < 4.78 is 45.3. The molecule has 1 saturated heterocycles. The molecule has 38 heavy (non-hydrogen) atoms. The van der Waals surface area contributed by atoms with E-state index in [-0.39, 0.29) is 24.3 Å². The van der Waals surface area contributed by atoms with Crippen LogP contribution in [0.5, 0.6) is 11.5 Å². The van der Waals surface area contributed by atoms with Gasteiger partial charge in [0.1, 0.15) is 11.5 Å². The summed E-state index contributed by atoms with van der Waals surface area (Å²) in [5.41, 5.74) is 1.05. The number of phenols is 1. The number of carbonyl (C=O) groups is 1. The maximum atomic E-state index is 13.1. The molecule has 6 nitrogen and oxygen atoms in total. The summed E-state index contributed by atoms with van der Waals surface area (Å²) in [6, 6.07) is 15.1. The van der Waals surface area contributed by atoms with Gasteiger partial charge in [-0.1, -0.05) is 29.8 Å². The van der Waals surface area contributed by atoms with E-state index in [1.165, 1.54) is 24.3 Å². The number of hydrogen-bond donors (Lipinski definition) is 2. The van der Waals surface area contributed by atoms with Crippen molar-refractivity contribution in [2.45, 2.75) is 25.1 Å². The highest BCUT2D eigenvalue weighted by molar-refractivity contribution is 6.31. The summed E-state index contributed by atoms with van der Waals surface area (Å²) in [5.74, 6) is -0.422. The van der Waals surface area contributed by atoms with Gasteiger partial charge >= 0.3 is 6.18 Å². The quantitative estimate of drug-likeness (QED) is 0.358. The molecule has 0 aliphatic carbocycles. The molecule has 1 amide bonds. The number of ether oxygens (including phenoxy) is 1. The van der Waals surface area contributed by atoms with Gasteiger partial charge in [-0.3, -0.25) is 4.79 Å². The van der Waals surface area contributed by atoms with Crippen molar-refractivity contribution in [2.75, 3.05) is 44.0 Å². The van der Waals surface area contributed by atoms with Crippen molar-refractivity contribution in [3.8, 4) is 11.5 Å². The number of phenolic OH excluding ortho intramolecular Hbond substituents is 1. The third-order valence-corrected chi connectivity index (χ3v) is 6.81. The fraction of sp³-hybridized carbons (Fsp3) is 0.321. The first-order chi connectivity index (χ1) is 18.0. The zero-order valence-electron chi connectivity index (χ0n) is 21.1. The molecule has 1 heterocycles. The van der Waals surface area contributed by atoms with Crippen LogP contribution in [0.1, 0.15) is 27.9 Å². The number of hydrogen-bond acceptors (Lipinski definition) is 5. The number of nitrogens with one attached hydrogen (secondary N) is 1. The van der Waals surface area contributed by atoms with Crippen molar-refractivity contribution in [3.05, 3.63) is 82.4 Å². The van der Waals surface area contributed by atoms with E-state index in [1.807, 2.05) is 26.2 Å². The number of carbonyl (C=O) groups excluding carboxylic acids is 1. The Morgan fingerprint density at radius 1 is 1.16 bits per heavy atom. The lowest BCUT2D eigenvalue weighted by molar-refractivity contribution is -0.137. The minimum absolute atomic E-state index is 0.00450. The van der Waals surface area contributed by atoms with Crippen LogP contribution in [0.2, 0.25) is 5.02 Å². The van der Waals surface area contributed by atoms with E-state index in [1.54, 1.807) is 12.1 Å². The number of benzene rings is 3. The fourth-order valence-electron chi connectivity index (χ4n) is 4.39. The van der Waals surface area contributed by atoms with Gasteiger partial charge in [-0.15, -0.1) is 0 Å². The summed E-state index contributed by atoms with van der Waals surface area (Å²) in [4.78, 5) is 17.3. The molecule has 0 spiro atoms. The van der Waals surface area contributed by atoms with E-state index in [4.69, 9.17) is 16.3 Å². The Hall–Kier alpha value is -3.43. The van der Waals surface area contributed by atoms with Crippen molar-refractivity contribution in [3.63, 3.8) is 0 Å². The topological polar surface area (TPSA) is 65.0 Å². The SMILES string of the molecule is CN(C)C1CCN(c2ccc(NC(=O)c3cc(Cl)ccc3O)c(OCCc3cccc(C(F)(F)F)c3)c2)C1. The highest BCUT2D eigenvalue weighted by Gasteiger charge is 2.30. The molecule has 4 rings (SSSR count). The first kappa shape index (κ1) is 27.6. The predicted octanol–water partition coefficient (Wildman–Crippen LogP) is 6.08. The Balaban J connectivity index is 1.55. The van der Waals surface area contributed by atoms with Gasteiger partial charge in [-0.05, 0) is 62.5 Å². The van der Waals surface area contributed by atoms with Crippen LogP contribution in [0.3, 0.4) is 0 Å². The first-order valence-corrected chi connectivity index (χ1v) is 12.5. The lowest BCUT2D eigenvalue weighted by Gasteiger charge is -2.23. The molecule has 10 heteroatoms. The molecule has 1 unspecified atom stereocenters. The second-order valence-electron chi connectivity index (χ2n) is 9.44. The van der Waals surface area contributed by atoms with Crippen molar-refractivity contribution in [2.24, 2.45) is 0 Å². The van der Waals surface area contributed by atoms with Gasteiger partial charge in [0.05, 0.1) is 23.4 Å². The molecule has 202 valence electrons. The average molecular weight is 548 g/mol. The highest BCUT2D eigenvalue weighted by Crippen LogP contribution is 2.34. The number of likely N-dealkylation sites (N-methyl/N-ethyl adjacent to an activating group) is 1. The Morgan fingerprint density at radius 3 is 2.66 bits per heavy atom. The molecule has 0 radical (unpaired) electrons. The zero-order valence-corrected chi connectivity index (χ0v) is 21.8. The Bertz CT molecular complexity index is 1300. The number of amides is 1. The van der Waals surface area contributed by atoms with E-state index in [9.17, 15) is 23.1 Å². The van der Waals surface area contributed by atoms with Crippen LogP contribution in [-0.2, 0) is 12.6 Å². The normalized spacial score (nSPS) is 15.7. The molecule has 3 aromatic rings. The van der Waals surface area contributed by atoms with E-state index in [0.717, 1.165) is 37.3 Å². The minimum atomic E-state index is -4.42. The second-order valence-corrected chi connectivity index (χ2v) is 9.88. The molecule has 1 aliphatic heterocycles. The van der Waals surface area contributed by atoms with Crippen LogP contribution in [0, 0.1) is 0 Å². The monoisotopic (exact) mass is 547 g/mol. The molecule has 1 aliphatic rings. The van der Waals surface area contributed by atoms with Gasteiger partial charge in [-0.2, -0.15) is 13.2 Å². The molecule has 0 saturated carbocycles. The number of aromatic hydroxyl groups is 1. The van der Waals surface area contributed by atoms with Gasteiger partial charge in [0.25, 0.3) is 5.91 Å². The smallest absolute Gasteiger partial charge is 0.416 e. The van der Waals surface area contributed by atoms with Gasteiger partial charge < -0.3 is 25.0 Å². The van der Waals surface area contributed by atoms with Gasteiger partial charge in [0.2, 0.25) is 0 Å². The minimum Gasteiger partial charge on any atom is -0.507 e. The van der Waals surface area contributed by atoms with Crippen molar-refractivity contribution < 1.29 is 27.8 Å². The summed E-state index contributed by atoms with van der Waals surface area (Å²) in [5, 5.41) is 13.2. The lowest BCUT2D eigenvalue weighted by Crippen LogP contribution is -2.31. The van der Waals surface area contributed by atoms with E-state index in [2.05, 4.69) is 15.1 Å². The molecular weight excluding hydrogens is 519 g/mol. The van der Waals surface area contributed by atoms with Gasteiger partial charge in [0.15, 0.2) is 0 Å². The maximum Gasteiger partial charge on any atom is 0.416 e. The number of halogens is 4. The first-order valence-electron chi connectivity index (χ1n) is 12.2. The lowest BCUT2D eigenvalue weighted by atomic mass is 10.1. The third-order valence-electron chi connectivity index (χ3n) is 6.58. The number of nitrogens with zero attached hydrogens (tertiary/aromatic N) is 2. The largest absolute Gasteiger partial charge is 0.507 e. The van der Waals surface area contributed by atoms with Crippen LogP contribution in [0.15, 0.2) is 60.7 Å². The maximum absolute atomic E-state index is 13.1. The number of alkyl halides is 3. The van der Waals surface area contributed by atoms with E-state index in [0.29, 0.717) is 28.1 Å². The summed E-state index contributed by atoms with van der Waals surface area (Å²) in [6.45, 7) is 1.78. The van der Waals surface area contributed by atoms with Crippen molar-refractivity contribution in [1.29, 1.82) is 0 Å². The number of anilines is 2. The second kappa shape index (κ2) is 11.5. The van der Waals surface area contributed by atoms with Crippen LogP contribution < -0.4 is 15.0 Å². The van der Waals surface area contributed by atoms with Crippen LogP contribution in [0.4, 0.5) is 24.5 Å². The molecule has 2 N–H and O–H groups in total.